The Hall–Kier alpha value is -3.22. The van der Waals surface area contributed by atoms with Crippen molar-refractivity contribution in [1.29, 1.82) is 0 Å². The zero-order valence-electron chi connectivity index (χ0n) is 11.3. The normalized spacial score (nSPS) is 11.1. The summed E-state index contributed by atoms with van der Waals surface area (Å²) in [6.45, 7) is 0.265. The van der Waals surface area contributed by atoms with E-state index in [-0.39, 0.29) is 12.1 Å². The predicted octanol–water partition coefficient (Wildman–Crippen LogP) is 2.09. The molecule has 0 spiro atoms. The third-order valence-electron chi connectivity index (χ3n) is 3.25. The lowest BCUT2D eigenvalue weighted by atomic mass is 10.3. The van der Waals surface area contributed by atoms with Crippen LogP contribution in [0.3, 0.4) is 0 Å². The second kappa shape index (κ2) is 4.96. The van der Waals surface area contributed by atoms with Crippen molar-refractivity contribution >= 4 is 11.0 Å². The second-order valence-corrected chi connectivity index (χ2v) is 4.71. The fourth-order valence-electron chi connectivity index (χ4n) is 2.21. The molecule has 0 saturated heterocycles. The summed E-state index contributed by atoms with van der Waals surface area (Å²) in [5.41, 5.74) is 0.874. The summed E-state index contributed by atoms with van der Waals surface area (Å²) in [5, 5.41) is 4.42. The molecule has 0 aromatic carbocycles. The molecule has 22 heavy (non-hydrogen) atoms. The summed E-state index contributed by atoms with van der Waals surface area (Å²) in [5.74, 6) is 1.11. The monoisotopic (exact) mass is 294 g/mol. The summed E-state index contributed by atoms with van der Waals surface area (Å²) in [6, 6.07) is 8.69. The smallest absolute Gasteiger partial charge is 0.263 e. The Morgan fingerprint density at radius 3 is 2.95 bits per heavy atom. The Kier molecular flexibility index (Phi) is 2.82. The average Bonchev–Trinajstić information content (AvgIpc) is 3.21. The van der Waals surface area contributed by atoms with Crippen LogP contribution in [0.25, 0.3) is 22.6 Å². The van der Waals surface area contributed by atoms with Crippen LogP contribution >= 0.6 is 0 Å². The van der Waals surface area contributed by atoms with Crippen LogP contribution in [0.15, 0.2) is 62.9 Å². The van der Waals surface area contributed by atoms with Crippen molar-refractivity contribution in [2.75, 3.05) is 0 Å². The molecule has 0 saturated carbocycles. The maximum atomic E-state index is 12.4. The molecule has 0 bridgehead atoms. The molecule has 0 N–H and O–H groups in total. The van der Waals surface area contributed by atoms with Gasteiger partial charge in [-0.15, -0.1) is 0 Å². The van der Waals surface area contributed by atoms with Crippen LogP contribution < -0.4 is 5.56 Å². The summed E-state index contributed by atoms with van der Waals surface area (Å²) in [7, 11) is 0. The quantitative estimate of drug-likeness (QED) is 0.575. The van der Waals surface area contributed by atoms with Crippen LogP contribution in [0.1, 0.15) is 5.69 Å². The molecule has 0 aliphatic heterocycles. The van der Waals surface area contributed by atoms with Gasteiger partial charge in [-0.05, 0) is 24.3 Å². The van der Waals surface area contributed by atoms with Gasteiger partial charge in [-0.25, -0.2) is 9.97 Å². The van der Waals surface area contributed by atoms with Crippen LogP contribution in [0.5, 0.6) is 0 Å². The molecular formula is C15H10N4O3. The van der Waals surface area contributed by atoms with Gasteiger partial charge in [-0.2, -0.15) is 0 Å². The predicted molar refractivity (Wildman–Crippen MR) is 77.1 cm³/mol. The zero-order chi connectivity index (χ0) is 14.9. The molecule has 0 aliphatic rings. The summed E-state index contributed by atoms with van der Waals surface area (Å²) in [4.78, 5) is 20.6. The molecule has 7 nitrogen and oxygen atoms in total. The molecular weight excluding hydrogens is 284 g/mol. The van der Waals surface area contributed by atoms with E-state index in [1.54, 1.807) is 42.8 Å². The third kappa shape index (κ3) is 2.08. The van der Waals surface area contributed by atoms with E-state index in [2.05, 4.69) is 15.1 Å². The molecule has 0 amide bonds. The highest BCUT2D eigenvalue weighted by Crippen LogP contribution is 2.20. The molecule has 7 heteroatoms. The molecule has 0 aliphatic carbocycles. The van der Waals surface area contributed by atoms with Gasteiger partial charge in [0.2, 0.25) is 5.76 Å². The van der Waals surface area contributed by atoms with Crippen molar-refractivity contribution < 1.29 is 8.94 Å². The number of aromatic nitrogens is 4. The van der Waals surface area contributed by atoms with Crippen molar-refractivity contribution in [3.8, 4) is 11.5 Å². The maximum absolute atomic E-state index is 12.4. The van der Waals surface area contributed by atoms with Gasteiger partial charge in [0.25, 0.3) is 5.56 Å². The fraction of sp³-hybridized carbons (Fsp3) is 0.0667. The topological polar surface area (TPSA) is 87.0 Å². The number of furan rings is 1. The third-order valence-corrected chi connectivity index (χ3v) is 3.25. The van der Waals surface area contributed by atoms with Crippen LogP contribution in [0, 0.1) is 0 Å². The number of hydrogen-bond donors (Lipinski definition) is 0. The van der Waals surface area contributed by atoms with Gasteiger partial charge in [0.15, 0.2) is 11.4 Å². The summed E-state index contributed by atoms with van der Waals surface area (Å²) in [6.07, 6.45) is 4.62. The van der Waals surface area contributed by atoms with Crippen molar-refractivity contribution in [2.24, 2.45) is 0 Å². The van der Waals surface area contributed by atoms with E-state index in [9.17, 15) is 4.79 Å². The number of rotatable bonds is 3. The lowest BCUT2D eigenvalue weighted by Gasteiger charge is -2.03. The van der Waals surface area contributed by atoms with Crippen molar-refractivity contribution in [3.63, 3.8) is 0 Å². The van der Waals surface area contributed by atoms with Crippen molar-refractivity contribution in [3.05, 3.63) is 65.2 Å². The van der Waals surface area contributed by atoms with Gasteiger partial charge < -0.3 is 8.94 Å². The molecule has 4 aromatic heterocycles. The highest BCUT2D eigenvalue weighted by molar-refractivity contribution is 5.72. The van der Waals surface area contributed by atoms with Crippen LogP contribution in [0.4, 0.5) is 0 Å². The molecule has 0 unspecified atom stereocenters. The zero-order valence-corrected chi connectivity index (χ0v) is 11.3. The van der Waals surface area contributed by atoms with Crippen molar-refractivity contribution in [1.82, 2.24) is 19.7 Å². The minimum absolute atomic E-state index is 0.166. The van der Waals surface area contributed by atoms with Crippen LogP contribution in [-0.4, -0.2) is 19.7 Å². The van der Waals surface area contributed by atoms with E-state index in [0.717, 1.165) is 0 Å². The molecule has 4 aromatic rings. The minimum atomic E-state index is -0.166. The summed E-state index contributed by atoms with van der Waals surface area (Å²) >= 11 is 0. The number of pyridine rings is 1. The number of fused-ring (bicyclic) bond motifs is 1. The lowest BCUT2D eigenvalue weighted by Crippen LogP contribution is -2.21. The SMILES string of the molecule is O=c1c2cccnc2ncn1Cc1cc(-c2ccco2)on1. The maximum Gasteiger partial charge on any atom is 0.263 e. The van der Waals surface area contributed by atoms with Gasteiger partial charge in [0, 0.05) is 12.3 Å². The Balaban J connectivity index is 1.69. The first kappa shape index (κ1) is 12.5. The van der Waals surface area contributed by atoms with Gasteiger partial charge in [-0.3, -0.25) is 9.36 Å². The molecule has 108 valence electrons. The Morgan fingerprint density at radius 1 is 1.14 bits per heavy atom. The molecule has 4 heterocycles. The summed E-state index contributed by atoms with van der Waals surface area (Å²) < 4.78 is 11.9. The second-order valence-electron chi connectivity index (χ2n) is 4.71. The number of nitrogens with zero attached hydrogens (tertiary/aromatic N) is 4. The molecule has 0 atom stereocenters. The van der Waals surface area contributed by atoms with E-state index >= 15 is 0 Å². The Morgan fingerprint density at radius 2 is 2.09 bits per heavy atom. The standard InChI is InChI=1S/C15H10N4O3/c20-15-11-3-1-5-16-14(11)17-9-19(15)8-10-7-13(22-18-10)12-4-2-6-21-12/h1-7,9H,8H2. The van der Waals surface area contributed by atoms with E-state index in [1.165, 1.54) is 10.9 Å². The average molecular weight is 294 g/mol. The molecule has 0 radical (unpaired) electrons. The fourth-order valence-corrected chi connectivity index (χ4v) is 2.21. The largest absolute Gasteiger partial charge is 0.461 e. The molecule has 4 rings (SSSR count). The van der Waals surface area contributed by atoms with Crippen molar-refractivity contribution in [2.45, 2.75) is 6.54 Å². The first-order valence-corrected chi connectivity index (χ1v) is 6.61. The highest BCUT2D eigenvalue weighted by atomic mass is 16.5. The Bertz CT molecular complexity index is 985. The molecule has 0 fully saturated rings. The first-order chi connectivity index (χ1) is 10.8. The van der Waals surface area contributed by atoms with Crippen LogP contribution in [-0.2, 0) is 6.54 Å². The van der Waals surface area contributed by atoms with E-state index in [1.807, 2.05) is 0 Å². The lowest BCUT2D eigenvalue weighted by molar-refractivity contribution is 0.408. The van der Waals surface area contributed by atoms with Crippen LogP contribution in [0.2, 0.25) is 0 Å². The number of hydrogen-bond acceptors (Lipinski definition) is 6. The highest BCUT2D eigenvalue weighted by Gasteiger charge is 2.11. The van der Waals surface area contributed by atoms with E-state index < -0.39 is 0 Å². The van der Waals surface area contributed by atoms with Gasteiger partial charge in [0.05, 0.1) is 18.2 Å². The minimum Gasteiger partial charge on any atom is -0.461 e. The Labute approximate surface area is 123 Å². The van der Waals surface area contributed by atoms with Gasteiger partial charge in [0.1, 0.15) is 12.0 Å². The van der Waals surface area contributed by atoms with E-state index in [0.29, 0.717) is 28.2 Å². The van der Waals surface area contributed by atoms with Gasteiger partial charge in [-0.1, -0.05) is 5.16 Å². The van der Waals surface area contributed by atoms with Gasteiger partial charge >= 0.3 is 0 Å². The first-order valence-electron chi connectivity index (χ1n) is 6.61. The van der Waals surface area contributed by atoms with E-state index in [4.69, 9.17) is 8.94 Å².